The van der Waals surface area contributed by atoms with Gasteiger partial charge in [0.25, 0.3) is 11.7 Å². The topological polar surface area (TPSA) is 66.8 Å². The van der Waals surface area contributed by atoms with Crippen molar-refractivity contribution in [2.75, 3.05) is 11.5 Å². The van der Waals surface area contributed by atoms with Gasteiger partial charge in [-0.15, -0.1) is 0 Å². The second-order valence-corrected chi connectivity index (χ2v) is 8.76. The molecular weight excluding hydrogens is 433 g/mol. The molecule has 1 heterocycles. The summed E-state index contributed by atoms with van der Waals surface area (Å²) in [5.41, 5.74) is 1.59. The number of carbonyl (C=O) groups is 2. The van der Waals surface area contributed by atoms with Crippen LogP contribution in [0.4, 0.5) is 10.1 Å². The van der Waals surface area contributed by atoms with E-state index < -0.39 is 23.5 Å². The second-order valence-electron chi connectivity index (χ2n) is 8.76. The van der Waals surface area contributed by atoms with E-state index in [1.165, 1.54) is 23.1 Å². The van der Waals surface area contributed by atoms with Crippen LogP contribution in [0.25, 0.3) is 5.76 Å². The van der Waals surface area contributed by atoms with Crippen molar-refractivity contribution in [3.8, 4) is 5.75 Å². The molecule has 34 heavy (non-hydrogen) atoms. The van der Waals surface area contributed by atoms with Crippen LogP contribution in [0.15, 0.2) is 78.4 Å². The maximum absolute atomic E-state index is 15.0. The Morgan fingerprint density at radius 3 is 2.47 bits per heavy atom. The molecule has 1 saturated heterocycles. The first-order valence-corrected chi connectivity index (χ1v) is 11.1. The van der Waals surface area contributed by atoms with E-state index in [2.05, 4.69) is 0 Å². The highest BCUT2D eigenvalue weighted by Gasteiger charge is 2.47. The van der Waals surface area contributed by atoms with Crippen molar-refractivity contribution in [2.45, 2.75) is 26.8 Å². The number of aliphatic hydroxyl groups is 1. The van der Waals surface area contributed by atoms with Crippen molar-refractivity contribution >= 4 is 23.1 Å². The van der Waals surface area contributed by atoms with E-state index in [1.54, 1.807) is 48.5 Å². The van der Waals surface area contributed by atoms with Gasteiger partial charge in [-0.25, -0.2) is 4.39 Å². The largest absolute Gasteiger partial charge is 0.507 e. The van der Waals surface area contributed by atoms with Gasteiger partial charge in [-0.2, -0.15) is 0 Å². The molecule has 1 N–H and O–H groups in total. The zero-order valence-electron chi connectivity index (χ0n) is 19.3. The first kappa shape index (κ1) is 23.2. The van der Waals surface area contributed by atoms with Crippen LogP contribution in [0.2, 0.25) is 0 Å². The van der Waals surface area contributed by atoms with E-state index in [-0.39, 0.29) is 16.9 Å². The maximum Gasteiger partial charge on any atom is 0.300 e. The lowest BCUT2D eigenvalue weighted by atomic mass is 9.94. The molecule has 1 fully saturated rings. The molecule has 1 aliphatic rings. The van der Waals surface area contributed by atoms with Crippen LogP contribution in [0.5, 0.6) is 5.75 Å². The van der Waals surface area contributed by atoms with Gasteiger partial charge >= 0.3 is 0 Å². The number of amides is 1. The smallest absolute Gasteiger partial charge is 0.300 e. The van der Waals surface area contributed by atoms with E-state index in [0.29, 0.717) is 29.5 Å². The Morgan fingerprint density at radius 2 is 1.76 bits per heavy atom. The third-order valence-corrected chi connectivity index (χ3v) is 5.61. The predicted molar refractivity (Wildman–Crippen MR) is 129 cm³/mol. The predicted octanol–water partition coefficient (Wildman–Crippen LogP) is 5.80. The summed E-state index contributed by atoms with van der Waals surface area (Å²) in [6.07, 6.45) is 0. The van der Waals surface area contributed by atoms with E-state index >= 15 is 0 Å². The minimum atomic E-state index is -1.12. The molecule has 1 aliphatic heterocycles. The summed E-state index contributed by atoms with van der Waals surface area (Å²) in [7, 11) is 0. The van der Waals surface area contributed by atoms with E-state index in [4.69, 9.17) is 4.74 Å². The molecule has 0 bridgehead atoms. The number of aryl methyl sites for hydroxylation is 1. The lowest BCUT2D eigenvalue weighted by Crippen LogP contribution is -2.29. The Balaban J connectivity index is 1.89. The Labute approximate surface area is 198 Å². The van der Waals surface area contributed by atoms with Crippen LogP contribution in [0.3, 0.4) is 0 Å². The summed E-state index contributed by atoms with van der Waals surface area (Å²) >= 11 is 0. The Hall–Kier alpha value is -3.93. The SMILES string of the molecule is Cc1cccc(N2C(=O)C(=O)/C(=C(/O)c3cccc(OCC(C)C)c3)C2c2ccccc2F)c1. The number of halogens is 1. The number of aliphatic hydroxyl groups excluding tert-OH is 1. The summed E-state index contributed by atoms with van der Waals surface area (Å²) in [5, 5.41) is 11.3. The molecule has 1 atom stereocenters. The third kappa shape index (κ3) is 4.44. The quantitative estimate of drug-likeness (QED) is 0.288. The van der Waals surface area contributed by atoms with E-state index in [1.807, 2.05) is 26.8 Å². The van der Waals surface area contributed by atoms with Crippen molar-refractivity contribution in [3.05, 3.63) is 101 Å². The molecule has 1 amide bonds. The fourth-order valence-electron chi connectivity index (χ4n) is 4.02. The molecular formula is C28H26FNO4. The molecule has 0 spiro atoms. The number of rotatable bonds is 6. The number of ether oxygens (including phenoxy) is 1. The number of nitrogens with zero attached hydrogens (tertiary/aromatic N) is 1. The number of benzene rings is 3. The fourth-order valence-corrected chi connectivity index (χ4v) is 4.02. The molecule has 3 aromatic carbocycles. The molecule has 5 nitrogen and oxygen atoms in total. The minimum Gasteiger partial charge on any atom is -0.507 e. The highest BCUT2D eigenvalue weighted by molar-refractivity contribution is 6.51. The second kappa shape index (κ2) is 9.51. The van der Waals surface area contributed by atoms with Crippen molar-refractivity contribution < 1.29 is 23.8 Å². The van der Waals surface area contributed by atoms with Crippen LogP contribution in [0.1, 0.15) is 36.6 Å². The molecule has 0 saturated carbocycles. The Kier molecular flexibility index (Phi) is 6.50. The number of Topliss-reactive ketones (excluding diaryl/α,β-unsaturated/α-hetero) is 1. The van der Waals surface area contributed by atoms with Crippen molar-refractivity contribution in [1.29, 1.82) is 0 Å². The van der Waals surface area contributed by atoms with Gasteiger partial charge < -0.3 is 9.84 Å². The molecule has 3 aromatic rings. The van der Waals surface area contributed by atoms with Gasteiger partial charge in [-0.05, 0) is 48.7 Å². The zero-order chi connectivity index (χ0) is 24.4. The van der Waals surface area contributed by atoms with Crippen LogP contribution >= 0.6 is 0 Å². The van der Waals surface area contributed by atoms with Gasteiger partial charge in [0.2, 0.25) is 0 Å². The van der Waals surface area contributed by atoms with Gasteiger partial charge in [-0.3, -0.25) is 14.5 Å². The number of hydrogen-bond acceptors (Lipinski definition) is 4. The van der Waals surface area contributed by atoms with Crippen LogP contribution in [0, 0.1) is 18.7 Å². The molecule has 1 unspecified atom stereocenters. The first-order valence-electron chi connectivity index (χ1n) is 11.1. The maximum atomic E-state index is 15.0. The lowest BCUT2D eigenvalue weighted by Gasteiger charge is -2.26. The monoisotopic (exact) mass is 459 g/mol. The lowest BCUT2D eigenvalue weighted by molar-refractivity contribution is -0.132. The van der Waals surface area contributed by atoms with E-state index in [9.17, 15) is 19.1 Å². The van der Waals surface area contributed by atoms with Gasteiger partial charge in [-0.1, -0.05) is 56.3 Å². The van der Waals surface area contributed by atoms with E-state index in [0.717, 1.165) is 5.56 Å². The van der Waals surface area contributed by atoms with Crippen molar-refractivity contribution in [2.24, 2.45) is 5.92 Å². The molecule has 0 radical (unpaired) electrons. The van der Waals surface area contributed by atoms with Crippen LogP contribution < -0.4 is 9.64 Å². The van der Waals surface area contributed by atoms with Gasteiger partial charge in [0.15, 0.2) is 0 Å². The molecule has 0 aromatic heterocycles. The Bertz CT molecular complexity index is 1280. The van der Waals surface area contributed by atoms with Gasteiger partial charge in [0, 0.05) is 16.8 Å². The zero-order valence-corrected chi connectivity index (χ0v) is 19.3. The standard InChI is InChI=1S/C28H26FNO4/c1-17(2)16-34-21-11-7-9-19(15-21)26(31)24-25(22-12-4-5-13-23(22)29)30(28(33)27(24)32)20-10-6-8-18(3)14-20/h4-15,17,25,31H,16H2,1-3H3/b26-24+. The van der Waals surface area contributed by atoms with Crippen molar-refractivity contribution in [1.82, 2.24) is 0 Å². The third-order valence-electron chi connectivity index (χ3n) is 5.61. The van der Waals surface area contributed by atoms with Crippen LogP contribution in [-0.2, 0) is 9.59 Å². The van der Waals surface area contributed by atoms with Crippen molar-refractivity contribution in [3.63, 3.8) is 0 Å². The average Bonchev–Trinajstić information content (AvgIpc) is 3.08. The summed E-state index contributed by atoms with van der Waals surface area (Å²) < 4.78 is 20.7. The summed E-state index contributed by atoms with van der Waals surface area (Å²) in [6.45, 7) is 6.38. The summed E-state index contributed by atoms with van der Waals surface area (Å²) in [5.74, 6) is -1.83. The number of hydrogen-bond donors (Lipinski definition) is 1. The minimum absolute atomic E-state index is 0.122. The Morgan fingerprint density at radius 1 is 1.03 bits per heavy atom. The molecule has 6 heteroatoms. The average molecular weight is 460 g/mol. The first-order chi connectivity index (χ1) is 16.3. The van der Waals surface area contributed by atoms with Crippen LogP contribution in [-0.4, -0.2) is 23.4 Å². The molecule has 4 rings (SSSR count). The molecule has 174 valence electrons. The highest BCUT2D eigenvalue weighted by atomic mass is 19.1. The number of carbonyl (C=O) groups excluding carboxylic acids is 2. The molecule has 0 aliphatic carbocycles. The summed E-state index contributed by atoms with van der Waals surface area (Å²) in [6, 6.07) is 18.6. The fraction of sp³-hybridized carbons (Fsp3) is 0.214. The summed E-state index contributed by atoms with van der Waals surface area (Å²) in [4.78, 5) is 27.7. The normalized spacial score (nSPS) is 17.4. The number of ketones is 1. The van der Waals surface area contributed by atoms with Gasteiger partial charge in [0.1, 0.15) is 17.3 Å². The number of anilines is 1. The highest BCUT2D eigenvalue weighted by Crippen LogP contribution is 2.43. The van der Waals surface area contributed by atoms with Gasteiger partial charge in [0.05, 0.1) is 18.2 Å².